The van der Waals surface area contributed by atoms with Crippen molar-refractivity contribution in [1.82, 2.24) is 5.32 Å². The molecule has 0 saturated heterocycles. The largest absolute Gasteiger partial charge is 0.395 e. The summed E-state index contributed by atoms with van der Waals surface area (Å²) < 4.78 is 4.97. The van der Waals surface area contributed by atoms with Gasteiger partial charge in [0.1, 0.15) is 0 Å². The first-order valence-electron chi connectivity index (χ1n) is 4.63. The minimum absolute atomic E-state index is 0.102. The number of nitrogens with one attached hydrogen (secondary N) is 1. The number of methoxy groups -OCH3 is 1. The van der Waals surface area contributed by atoms with Crippen molar-refractivity contribution in [2.24, 2.45) is 5.92 Å². The molecule has 72 valence electrons. The molecule has 0 amide bonds. The van der Waals surface area contributed by atoms with Crippen LogP contribution in [0.3, 0.4) is 0 Å². The highest BCUT2D eigenvalue weighted by Crippen LogP contribution is 2.32. The van der Waals surface area contributed by atoms with Gasteiger partial charge in [-0.05, 0) is 25.7 Å². The number of ether oxygens (including phenoxy) is 1. The minimum Gasteiger partial charge on any atom is -0.395 e. The zero-order chi connectivity index (χ0) is 8.97. The molecule has 0 aromatic rings. The fraction of sp³-hybridized carbons (Fsp3) is 1.00. The molecule has 0 heterocycles. The second-order valence-corrected chi connectivity index (χ2v) is 3.63. The van der Waals surface area contributed by atoms with E-state index in [2.05, 4.69) is 12.2 Å². The van der Waals surface area contributed by atoms with E-state index in [0.29, 0.717) is 12.6 Å². The lowest BCUT2D eigenvalue weighted by molar-refractivity contribution is 0.121. The molecule has 0 aromatic carbocycles. The van der Waals surface area contributed by atoms with Gasteiger partial charge in [-0.1, -0.05) is 0 Å². The Labute approximate surface area is 74.1 Å². The summed E-state index contributed by atoms with van der Waals surface area (Å²) in [5.74, 6) is 0.830. The molecular formula is C9H19NO2. The lowest BCUT2D eigenvalue weighted by atomic mass is 10.2. The van der Waals surface area contributed by atoms with Crippen LogP contribution in [-0.2, 0) is 4.74 Å². The van der Waals surface area contributed by atoms with Gasteiger partial charge < -0.3 is 15.2 Å². The first-order chi connectivity index (χ1) is 5.77. The Morgan fingerprint density at radius 2 is 2.25 bits per heavy atom. The van der Waals surface area contributed by atoms with Gasteiger partial charge in [-0.3, -0.25) is 0 Å². The van der Waals surface area contributed by atoms with Crippen molar-refractivity contribution in [2.45, 2.75) is 31.8 Å². The van der Waals surface area contributed by atoms with Crippen LogP contribution in [0, 0.1) is 5.92 Å². The molecule has 1 rings (SSSR count). The highest BCUT2D eigenvalue weighted by atomic mass is 16.5. The molecule has 2 unspecified atom stereocenters. The number of hydrogen-bond donors (Lipinski definition) is 2. The first-order valence-corrected chi connectivity index (χ1v) is 4.63. The lowest BCUT2D eigenvalue weighted by Gasteiger charge is -2.20. The monoisotopic (exact) mass is 173 g/mol. The van der Waals surface area contributed by atoms with Gasteiger partial charge >= 0.3 is 0 Å². The molecule has 0 radical (unpaired) electrons. The quantitative estimate of drug-likeness (QED) is 0.610. The normalized spacial score (nSPS) is 22.2. The van der Waals surface area contributed by atoms with Crippen molar-refractivity contribution < 1.29 is 9.84 Å². The number of hydrogen-bond acceptors (Lipinski definition) is 3. The molecule has 2 atom stereocenters. The summed E-state index contributed by atoms with van der Waals surface area (Å²) in [4.78, 5) is 0. The van der Waals surface area contributed by atoms with Crippen LogP contribution in [0.15, 0.2) is 0 Å². The summed E-state index contributed by atoms with van der Waals surface area (Å²) in [5, 5.41) is 12.3. The lowest BCUT2D eigenvalue weighted by Crippen LogP contribution is -2.42. The Kier molecular flexibility index (Phi) is 3.98. The SMILES string of the molecule is COCC(CO)NC(C)C1CC1. The molecule has 0 aromatic heterocycles. The Hall–Kier alpha value is -0.120. The second-order valence-electron chi connectivity index (χ2n) is 3.63. The summed E-state index contributed by atoms with van der Waals surface area (Å²) in [6.07, 6.45) is 2.67. The van der Waals surface area contributed by atoms with Gasteiger partial charge in [0, 0.05) is 13.2 Å². The molecule has 2 N–H and O–H groups in total. The summed E-state index contributed by atoms with van der Waals surface area (Å²) in [7, 11) is 1.66. The van der Waals surface area contributed by atoms with E-state index in [0.717, 1.165) is 5.92 Å². The van der Waals surface area contributed by atoms with Crippen molar-refractivity contribution in [1.29, 1.82) is 0 Å². The Morgan fingerprint density at radius 1 is 1.58 bits per heavy atom. The highest BCUT2D eigenvalue weighted by molar-refractivity contribution is 4.85. The number of rotatable bonds is 6. The van der Waals surface area contributed by atoms with E-state index < -0.39 is 0 Å². The van der Waals surface area contributed by atoms with E-state index >= 15 is 0 Å². The third-order valence-corrected chi connectivity index (χ3v) is 2.42. The average Bonchev–Trinajstić information content (AvgIpc) is 2.85. The Morgan fingerprint density at radius 3 is 2.67 bits per heavy atom. The minimum atomic E-state index is 0.102. The number of aliphatic hydroxyl groups excluding tert-OH is 1. The molecular weight excluding hydrogens is 154 g/mol. The zero-order valence-corrected chi connectivity index (χ0v) is 7.92. The van der Waals surface area contributed by atoms with Gasteiger partial charge in [-0.25, -0.2) is 0 Å². The van der Waals surface area contributed by atoms with Crippen molar-refractivity contribution >= 4 is 0 Å². The van der Waals surface area contributed by atoms with Crippen LogP contribution >= 0.6 is 0 Å². The third kappa shape index (κ3) is 3.09. The van der Waals surface area contributed by atoms with Crippen LogP contribution in [0.2, 0.25) is 0 Å². The van der Waals surface area contributed by atoms with Gasteiger partial charge in [-0.2, -0.15) is 0 Å². The number of aliphatic hydroxyl groups is 1. The summed E-state index contributed by atoms with van der Waals surface area (Å²) in [5.41, 5.74) is 0. The van der Waals surface area contributed by atoms with Crippen LogP contribution in [0.1, 0.15) is 19.8 Å². The van der Waals surface area contributed by atoms with Gasteiger partial charge in [0.15, 0.2) is 0 Å². The molecule has 0 aliphatic heterocycles. The highest BCUT2D eigenvalue weighted by Gasteiger charge is 2.28. The topological polar surface area (TPSA) is 41.5 Å². The average molecular weight is 173 g/mol. The smallest absolute Gasteiger partial charge is 0.0638 e. The first kappa shape index (κ1) is 9.96. The summed E-state index contributed by atoms with van der Waals surface area (Å²) in [6, 6.07) is 0.628. The van der Waals surface area contributed by atoms with Crippen molar-refractivity contribution in [3.05, 3.63) is 0 Å². The fourth-order valence-electron chi connectivity index (χ4n) is 1.46. The second kappa shape index (κ2) is 4.80. The van der Waals surface area contributed by atoms with Gasteiger partial charge in [0.05, 0.1) is 19.3 Å². The third-order valence-electron chi connectivity index (χ3n) is 2.42. The van der Waals surface area contributed by atoms with Gasteiger partial charge in [0.25, 0.3) is 0 Å². The maximum atomic E-state index is 8.97. The van der Waals surface area contributed by atoms with Crippen LogP contribution in [0.5, 0.6) is 0 Å². The molecule has 1 saturated carbocycles. The van der Waals surface area contributed by atoms with E-state index in [1.165, 1.54) is 12.8 Å². The van der Waals surface area contributed by atoms with Crippen molar-refractivity contribution in [3.8, 4) is 0 Å². The van der Waals surface area contributed by atoms with E-state index in [-0.39, 0.29) is 12.6 Å². The molecule has 12 heavy (non-hydrogen) atoms. The summed E-state index contributed by atoms with van der Waals surface area (Å²) in [6.45, 7) is 2.93. The van der Waals surface area contributed by atoms with Gasteiger partial charge in [-0.15, -0.1) is 0 Å². The predicted molar refractivity (Wildman–Crippen MR) is 48.1 cm³/mol. The molecule has 1 fully saturated rings. The maximum absolute atomic E-state index is 8.97. The molecule has 0 bridgehead atoms. The molecule has 1 aliphatic carbocycles. The molecule has 1 aliphatic rings. The van der Waals surface area contributed by atoms with Crippen LogP contribution in [0.4, 0.5) is 0 Å². The van der Waals surface area contributed by atoms with Crippen molar-refractivity contribution in [3.63, 3.8) is 0 Å². The zero-order valence-electron chi connectivity index (χ0n) is 7.92. The van der Waals surface area contributed by atoms with Crippen LogP contribution < -0.4 is 5.32 Å². The van der Waals surface area contributed by atoms with Crippen LogP contribution in [0.25, 0.3) is 0 Å². The molecule has 3 heteroatoms. The van der Waals surface area contributed by atoms with Crippen molar-refractivity contribution in [2.75, 3.05) is 20.3 Å². The van der Waals surface area contributed by atoms with E-state index in [1.807, 2.05) is 0 Å². The van der Waals surface area contributed by atoms with E-state index in [1.54, 1.807) is 7.11 Å². The Bertz CT molecular complexity index is 126. The van der Waals surface area contributed by atoms with E-state index in [4.69, 9.17) is 9.84 Å². The Balaban J connectivity index is 2.15. The summed E-state index contributed by atoms with van der Waals surface area (Å²) >= 11 is 0. The molecule has 0 spiro atoms. The van der Waals surface area contributed by atoms with E-state index in [9.17, 15) is 0 Å². The predicted octanol–water partition coefficient (Wildman–Crippen LogP) is 0.382. The van der Waals surface area contributed by atoms with Gasteiger partial charge in [0.2, 0.25) is 0 Å². The fourth-order valence-corrected chi connectivity index (χ4v) is 1.46. The molecule has 3 nitrogen and oxygen atoms in total. The standard InChI is InChI=1S/C9H19NO2/c1-7(8-3-4-8)10-9(5-11)6-12-2/h7-11H,3-6H2,1-2H3. The van der Waals surface area contributed by atoms with Crippen LogP contribution in [-0.4, -0.2) is 37.5 Å². The maximum Gasteiger partial charge on any atom is 0.0638 e.